The van der Waals surface area contributed by atoms with Crippen molar-refractivity contribution < 1.29 is 23.1 Å². The fourth-order valence-corrected chi connectivity index (χ4v) is 2.02. The number of hydrogen-bond donors (Lipinski definition) is 2. The van der Waals surface area contributed by atoms with E-state index in [1.165, 1.54) is 24.5 Å². The van der Waals surface area contributed by atoms with Crippen LogP contribution in [0.1, 0.15) is 25.5 Å². The number of nitrogens with one attached hydrogen (secondary N) is 1. The van der Waals surface area contributed by atoms with Crippen LogP contribution in [0.25, 0.3) is 11.4 Å². The van der Waals surface area contributed by atoms with Crippen molar-refractivity contribution in [2.75, 3.05) is 5.32 Å². The highest BCUT2D eigenvalue weighted by molar-refractivity contribution is 5.77. The Kier molecular flexibility index (Phi) is 5.32. The third kappa shape index (κ3) is 4.40. The van der Waals surface area contributed by atoms with E-state index in [4.69, 9.17) is 5.11 Å². The molecule has 0 aliphatic heterocycles. The maximum Gasteiger partial charge on any atom is 0.433 e. The molecule has 2 N–H and O–H groups in total. The molecule has 6 nitrogen and oxygen atoms in total. The molecule has 1 unspecified atom stereocenters. The molecule has 0 radical (unpaired) electrons. The van der Waals surface area contributed by atoms with Crippen LogP contribution in [-0.2, 0) is 11.0 Å². The van der Waals surface area contributed by atoms with E-state index < -0.39 is 23.9 Å². The predicted molar refractivity (Wildman–Crippen MR) is 80.2 cm³/mol. The van der Waals surface area contributed by atoms with Crippen molar-refractivity contribution in [1.82, 2.24) is 15.0 Å². The third-order valence-electron chi connectivity index (χ3n) is 3.15. The van der Waals surface area contributed by atoms with Crippen LogP contribution in [0.4, 0.5) is 19.0 Å². The number of aromatic nitrogens is 3. The molecule has 128 valence electrons. The second-order valence-electron chi connectivity index (χ2n) is 5.02. The zero-order valence-corrected chi connectivity index (χ0v) is 12.7. The molecule has 2 aromatic rings. The summed E-state index contributed by atoms with van der Waals surface area (Å²) in [6, 6.07) is 2.62. The Bertz CT molecular complexity index is 708. The number of pyridine rings is 1. The van der Waals surface area contributed by atoms with Crippen molar-refractivity contribution in [3.05, 3.63) is 36.3 Å². The molecule has 2 heterocycles. The quantitative estimate of drug-likeness (QED) is 0.839. The van der Waals surface area contributed by atoms with Gasteiger partial charge in [-0.3, -0.25) is 4.98 Å². The largest absolute Gasteiger partial charge is 0.480 e. The maximum atomic E-state index is 13.1. The zero-order chi connectivity index (χ0) is 17.7. The predicted octanol–water partition coefficient (Wildman–Crippen LogP) is 3.22. The molecule has 0 saturated carbocycles. The number of nitrogens with zero attached hydrogens (tertiary/aromatic N) is 3. The van der Waals surface area contributed by atoms with Gasteiger partial charge in [-0.2, -0.15) is 13.2 Å². The van der Waals surface area contributed by atoms with E-state index in [9.17, 15) is 18.0 Å². The summed E-state index contributed by atoms with van der Waals surface area (Å²) in [5, 5.41) is 11.7. The van der Waals surface area contributed by atoms with E-state index in [1.807, 2.05) is 0 Å². The van der Waals surface area contributed by atoms with E-state index in [-0.39, 0.29) is 18.1 Å². The van der Waals surface area contributed by atoms with Crippen molar-refractivity contribution in [3.63, 3.8) is 0 Å². The minimum absolute atomic E-state index is 0.157. The number of anilines is 1. The van der Waals surface area contributed by atoms with Gasteiger partial charge in [0.05, 0.1) is 0 Å². The molecule has 0 aliphatic carbocycles. The normalized spacial score (nSPS) is 12.7. The summed E-state index contributed by atoms with van der Waals surface area (Å²) in [7, 11) is 0. The highest BCUT2D eigenvalue weighted by atomic mass is 19.4. The van der Waals surface area contributed by atoms with Gasteiger partial charge in [0.15, 0.2) is 11.5 Å². The van der Waals surface area contributed by atoms with Gasteiger partial charge in [0.2, 0.25) is 0 Å². The second-order valence-corrected chi connectivity index (χ2v) is 5.02. The molecule has 0 fully saturated rings. The molecular weight excluding hydrogens is 325 g/mol. The number of carbonyl (C=O) groups is 1. The average Bonchev–Trinajstić information content (AvgIpc) is 2.54. The molecule has 0 bridgehead atoms. The number of hydrogen-bond acceptors (Lipinski definition) is 5. The highest BCUT2D eigenvalue weighted by Crippen LogP contribution is 2.30. The standard InChI is InChI=1S/C15H15F3N4O2/c1-2-3-10(14(23)24)20-12-8-11(15(16,17)18)21-13(22-12)9-4-6-19-7-5-9/h4-8,10H,2-3H2,1H3,(H,23,24)(H,20,21,22). The lowest BCUT2D eigenvalue weighted by atomic mass is 10.1. The Morgan fingerprint density at radius 2 is 1.96 bits per heavy atom. The number of halogens is 3. The SMILES string of the molecule is CCCC(Nc1cc(C(F)(F)F)nc(-c2ccncc2)n1)C(=O)O. The number of aliphatic carboxylic acids is 1. The molecule has 0 saturated heterocycles. The number of alkyl halides is 3. The first-order chi connectivity index (χ1) is 11.3. The smallest absolute Gasteiger partial charge is 0.433 e. The molecule has 2 rings (SSSR count). The molecule has 9 heteroatoms. The first kappa shape index (κ1) is 17.6. The fraction of sp³-hybridized carbons (Fsp3) is 0.333. The van der Waals surface area contributed by atoms with Crippen LogP contribution in [0.5, 0.6) is 0 Å². The van der Waals surface area contributed by atoms with Crippen molar-refractivity contribution in [3.8, 4) is 11.4 Å². The molecule has 24 heavy (non-hydrogen) atoms. The lowest BCUT2D eigenvalue weighted by Gasteiger charge is -2.16. The van der Waals surface area contributed by atoms with E-state index in [1.54, 1.807) is 6.92 Å². The molecule has 0 spiro atoms. The summed E-state index contributed by atoms with van der Waals surface area (Å²) in [5.74, 6) is -1.50. The molecular formula is C15H15F3N4O2. The number of rotatable bonds is 6. The van der Waals surface area contributed by atoms with Crippen LogP contribution in [0.2, 0.25) is 0 Å². The topological polar surface area (TPSA) is 88.0 Å². The average molecular weight is 340 g/mol. The minimum Gasteiger partial charge on any atom is -0.480 e. The Morgan fingerprint density at radius 1 is 1.29 bits per heavy atom. The van der Waals surface area contributed by atoms with Gasteiger partial charge in [0.1, 0.15) is 11.9 Å². The minimum atomic E-state index is -4.68. The number of carboxylic acids is 1. The molecule has 1 atom stereocenters. The van der Waals surface area contributed by atoms with Crippen LogP contribution in [0.3, 0.4) is 0 Å². The third-order valence-corrected chi connectivity index (χ3v) is 3.15. The van der Waals surface area contributed by atoms with Gasteiger partial charge in [-0.05, 0) is 18.6 Å². The van der Waals surface area contributed by atoms with Crippen LogP contribution in [0.15, 0.2) is 30.6 Å². The molecule has 0 aromatic carbocycles. The first-order valence-corrected chi connectivity index (χ1v) is 7.17. The van der Waals surface area contributed by atoms with Crippen LogP contribution in [-0.4, -0.2) is 32.1 Å². The summed E-state index contributed by atoms with van der Waals surface area (Å²) in [4.78, 5) is 22.5. The monoisotopic (exact) mass is 340 g/mol. The van der Waals surface area contributed by atoms with E-state index >= 15 is 0 Å². The van der Waals surface area contributed by atoms with E-state index in [0.717, 1.165) is 0 Å². The summed E-state index contributed by atoms with van der Waals surface area (Å²) < 4.78 is 39.2. The van der Waals surface area contributed by atoms with Crippen molar-refractivity contribution in [2.24, 2.45) is 0 Å². The molecule has 0 aliphatic rings. The number of carboxylic acid groups (broad SMARTS) is 1. The van der Waals surface area contributed by atoms with Gasteiger partial charge in [-0.1, -0.05) is 13.3 Å². The summed E-state index contributed by atoms with van der Waals surface area (Å²) in [5.41, 5.74) is -0.797. The van der Waals surface area contributed by atoms with Crippen LogP contribution < -0.4 is 5.32 Å². The van der Waals surface area contributed by atoms with Gasteiger partial charge in [0, 0.05) is 24.0 Å². The second kappa shape index (κ2) is 7.24. The molecule has 0 amide bonds. The van der Waals surface area contributed by atoms with Gasteiger partial charge in [0.25, 0.3) is 0 Å². The van der Waals surface area contributed by atoms with Gasteiger partial charge in [-0.15, -0.1) is 0 Å². The Morgan fingerprint density at radius 3 is 2.50 bits per heavy atom. The zero-order valence-electron chi connectivity index (χ0n) is 12.7. The van der Waals surface area contributed by atoms with Crippen LogP contribution in [0, 0.1) is 0 Å². The lowest BCUT2D eigenvalue weighted by Crippen LogP contribution is -2.29. The van der Waals surface area contributed by atoms with Gasteiger partial charge < -0.3 is 10.4 Å². The fourth-order valence-electron chi connectivity index (χ4n) is 2.02. The lowest BCUT2D eigenvalue weighted by molar-refractivity contribution is -0.141. The van der Waals surface area contributed by atoms with Gasteiger partial charge >= 0.3 is 12.1 Å². The van der Waals surface area contributed by atoms with Crippen molar-refractivity contribution in [2.45, 2.75) is 32.0 Å². The Labute approximate surface area is 135 Å². The first-order valence-electron chi connectivity index (χ1n) is 7.17. The van der Waals surface area contributed by atoms with E-state index in [0.29, 0.717) is 18.1 Å². The van der Waals surface area contributed by atoms with E-state index in [2.05, 4.69) is 20.3 Å². The van der Waals surface area contributed by atoms with Crippen LogP contribution >= 0.6 is 0 Å². The summed E-state index contributed by atoms with van der Waals surface area (Å²) in [6.07, 6.45) is -1.05. The highest BCUT2D eigenvalue weighted by Gasteiger charge is 2.34. The summed E-state index contributed by atoms with van der Waals surface area (Å²) >= 11 is 0. The Balaban J connectivity index is 2.45. The molecule has 2 aromatic heterocycles. The summed E-state index contributed by atoms with van der Waals surface area (Å²) in [6.45, 7) is 1.78. The van der Waals surface area contributed by atoms with Crippen molar-refractivity contribution >= 4 is 11.8 Å². The van der Waals surface area contributed by atoms with Gasteiger partial charge in [-0.25, -0.2) is 14.8 Å². The Hall–Kier alpha value is -2.71. The van der Waals surface area contributed by atoms with Crippen molar-refractivity contribution in [1.29, 1.82) is 0 Å². The maximum absolute atomic E-state index is 13.1.